The smallest absolute Gasteiger partial charge is 0.0734 e. The molecule has 0 N–H and O–H groups in total. The maximum Gasteiger partial charge on any atom is 0.0734 e. The van der Waals surface area contributed by atoms with Crippen molar-refractivity contribution in [2.75, 3.05) is 0 Å². The molecular formula is C28H18ClN. The molecule has 1 aliphatic carbocycles. The Balaban J connectivity index is 1.89. The van der Waals surface area contributed by atoms with E-state index in [0.717, 1.165) is 10.6 Å². The van der Waals surface area contributed by atoms with Gasteiger partial charge in [0.2, 0.25) is 0 Å². The number of benzene rings is 4. The molecule has 0 aliphatic heterocycles. The van der Waals surface area contributed by atoms with Crippen LogP contribution >= 0.6 is 11.6 Å². The van der Waals surface area contributed by atoms with E-state index in [4.69, 9.17) is 11.6 Å². The fourth-order valence-corrected chi connectivity index (χ4v) is 5.31. The number of fused-ring (bicyclic) bond motifs is 5. The molecule has 142 valence electrons. The zero-order valence-electron chi connectivity index (χ0n) is 16.2. The van der Waals surface area contributed by atoms with Gasteiger partial charge in [0.1, 0.15) is 0 Å². The van der Waals surface area contributed by atoms with E-state index in [1.54, 1.807) is 0 Å². The zero-order valence-corrected chi connectivity index (χ0v) is 17.0. The molecule has 0 fully saturated rings. The lowest BCUT2D eigenvalue weighted by atomic mass is 9.67. The molecule has 1 heterocycles. The van der Waals surface area contributed by atoms with Crippen molar-refractivity contribution in [3.8, 4) is 11.1 Å². The van der Waals surface area contributed by atoms with Crippen molar-refractivity contribution < 1.29 is 0 Å². The highest BCUT2D eigenvalue weighted by Crippen LogP contribution is 2.58. The van der Waals surface area contributed by atoms with Crippen LogP contribution < -0.4 is 0 Å². The first-order valence-corrected chi connectivity index (χ1v) is 10.5. The number of hydrogen-bond donors (Lipinski definition) is 0. The molecule has 2 heteroatoms. The first kappa shape index (κ1) is 17.4. The quantitative estimate of drug-likeness (QED) is 0.296. The van der Waals surface area contributed by atoms with E-state index in [-0.39, 0.29) is 0 Å². The maximum atomic E-state index is 6.57. The van der Waals surface area contributed by atoms with Crippen molar-refractivity contribution in [1.82, 2.24) is 4.98 Å². The Kier molecular flexibility index (Phi) is 3.81. The van der Waals surface area contributed by atoms with Crippen molar-refractivity contribution in [3.05, 3.63) is 137 Å². The Morgan fingerprint density at radius 3 is 2.27 bits per heavy atom. The predicted octanol–water partition coefficient (Wildman–Crippen LogP) is 7.25. The summed E-state index contributed by atoms with van der Waals surface area (Å²) in [4.78, 5) is 4.52. The van der Waals surface area contributed by atoms with Crippen LogP contribution in [0.2, 0.25) is 5.02 Å². The molecule has 0 saturated carbocycles. The van der Waals surface area contributed by atoms with Crippen LogP contribution in [0.25, 0.3) is 21.9 Å². The number of halogens is 1. The molecule has 4 aromatic carbocycles. The number of rotatable bonds is 2. The third kappa shape index (κ3) is 2.27. The molecule has 0 radical (unpaired) electrons. The second-order valence-electron chi connectivity index (χ2n) is 7.76. The number of pyridine rings is 1. The summed E-state index contributed by atoms with van der Waals surface area (Å²) in [5, 5.41) is 3.24. The molecular weight excluding hydrogens is 386 g/mol. The highest BCUT2D eigenvalue weighted by atomic mass is 35.5. The first-order valence-electron chi connectivity index (χ1n) is 10.1. The summed E-state index contributed by atoms with van der Waals surface area (Å²) in [6, 6.07) is 34.3. The van der Waals surface area contributed by atoms with Gasteiger partial charge in [-0.25, -0.2) is 0 Å². The van der Waals surface area contributed by atoms with Crippen LogP contribution in [0, 0.1) is 0 Å². The molecule has 1 unspecified atom stereocenters. The van der Waals surface area contributed by atoms with Crippen LogP contribution in [0.5, 0.6) is 0 Å². The molecule has 5 aromatic rings. The molecule has 30 heavy (non-hydrogen) atoms. The number of nitrogens with zero attached hydrogens (tertiary/aromatic N) is 1. The fourth-order valence-electron chi connectivity index (χ4n) is 5.14. The molecule has 0 saturated heterocycles. The summed E-state index contributed by atoms with van der Waals surface area (Å²) in [6.45, 7) is 0. The highest BCUT2D eigenvalue weighted by molar-refractivity contribution is 6.30. The van der Waals surface area contributed by atoms with Gasteiger partial charge in [-0.1, -0.05) is 90.5 Å². The standard InChI is InChI=1S/C28H18ClN/c29-22-13-15-24-25-14-12-19-7-4-5-11-23(19)27(25)28(26(24)17-22,20-8-2-1-3-9-20)21-10-6-16-30-18-21/h1-18H. The minimum absolute atomic E-state index is 0.480. The lowest BCUT2D eigenvalue weighted by Gasteiger charge is -2.34. The predicted molar refractivity (Wildman–Crippen MR) is 124 cm³/mol. The van der Waals surface area contributed by atoms with E-state index in [0.29, 0.717) is 0 Å². The maximum absolute atomic E-state index is 6.57. The van der Waals surface area contributed by atoms with Gasteiger partial charge in [-0.2, -0.15) is 0 Å². The van der Waals surface area contributed by atoms with Gasteiger partial charge >= 0.3 is 0 Å². The summed E-state index contributed by atoms with van der Waals surface area (Å²) < 4.78 is 0. The van der Waals surface area contributed by atoms with Gasteiger partial charge in [0.15, 0.2) is 0 Å². The largest absolute Gasteiger partial charge is 0.264 e. The second-order valence-corrected chi connectivity index (χ2v) is 8.19. The highest BCUT2D eigenvalue weighted by Gasteiger charge is 2.47. The molecule has 1 atom stereocenters. The summed E-state index contributed by atoms with van der Waals surface area (Å²) in [7, 11) is 0. The Labute approximate surface area is 180 Å². The van der Waals surface area contributed by atoms with Gasteiger partial charge in [0.25, 0.3) is 0 Å². The van der Waals surface area contributed by atoms with E-state index in [1.165, 1.54) is 38.6 Å². The monoisotopic (exact) mass is 403 g/mol. The van der Waals surface area contributed by atoms with Gasteiger partial charge in [0.05, 0.1) is 5.41 Å². The van der Waals surface area contributed by atoms with Gasteiger partial charge in [-0.05, 0) is 62.4 Å². The van der Waals surface area contributed by atoms with Crippen molar-refractivity contribution in [3.63, 3.8) is 0 Å². The van der Waals surface area contributed by atoms with Crippen LogP contribution in [0.1, 0.15) is 22.3 Å². The molecule has 6 rings (SSSR count). The average Bonchev–Trinajstić information content (AvgIpc) is 3.11. The average molecular weight is 404 g/mol. The van der Waals surface area contributed by atoms with Gasteiger partial charge in [0, 0.05) is 17.4 Å². The lowest BCUT2D eigenvalue weighted by Crippen LogP contribution is -2.29. The van der Waals surface area contributed by atoms with Crippen molar-refractivity contribution in [2.24, 2.45) is 0 Å². The van der Waals surface area contributed by atoms with Crippen LogP contribution in [0.3, 0.4) is 0 Å². The molecule has 0 amide bonds. The van der Waals surface area contributed by atoms with Gasteiger partial charge < -0.3 is 0 Å². The Morgan fingerprint density at radius 2 is 1.43 bits per heavy atom. The summed E-state index contributed by atoms with van der Waals surface area (Å²) in [5.74, 6) is 0. The lowest BCUT2D eigenvalue weighted by molar-refractivity contribution is 0.769. The van der Waals surface area contributed by atoms with Crippen LogP contribution in [-0.4, -0.2) is 4.98 Å². The normalized spacial score (nSPS) is 17.0. The van der Waals surface area contributed by atoms with Crippen molar-refractivity contribution in [1.29, 1.82) is 0 Å². The summed E-state index contributed by atoms with van der Waals surface area (Å²) >= 11 is 6.57. The summed E-state index contributed by atoms with van der Waals surface area (Å²) in [6.07, 6.45) is 3.83. The van der Waals surface area contributed by atoms with Gasteiger partial charge in [-0.3, -0.25) is 4.98 Å². The zero-order chi connectivity index (χ0) is 20.1. The topological polar surface area (TPSA) is 12.9 Å². The van der Waals surface area contributed by atoms with E-state index < -0.39 is 5.41 Å². The Bertz CT molecular complexity index is 1350. The minimum Gasteiger partial charge on any atom is -0.264 e. The van der Waals surface area contributed by atoms with Crippen molar-refractivity contribution in [2.45, 2.75) is 5.41 Å². The third-order valence-electron chi connectivity index (χ3n) is 6.28. The molecule has 1 aromatic heterocycles. The first-order chi connectivity index (χ1) is 14.8. The molecule has 0 bridgehead atoms. The molecule has 1 nitrogen and oxygen atoms in total. The van der Waals surface area contributed by atoms with E-state index in [9.17, 15) is 0 Å². The number of aromatic nitrogens is 1. The van der Waals surface area contributed by atoms with E-state index in [2.05, 4.69) is 89.9 Å². The minimum atomic E-state index is -0.480. The Morgan fingerprint density at radius 1 is 0.667 bits per heavy atom. The van der Waals surface area contributed by atoms with Crippen LogP contribution in [0.4, 0.5) is 0 Å². The van der Waals surface area contributed by atoms with Crippen LogP contribution in [-0.2, 0) is 5.41 Å². The van der Waals surface area contributed by atoms with Gasteiger partial charge in [-0.15, -0.1) is 0 Å². The van der Waals surface area contributed by atoms with Crippen molar-refractivity contribution >= 4 is 22.4 Å². The second kappa shape index (κ2) is 6.55. The fraction of sp³-hybridized carbons (Fsp3) is 0.0357. The third-order valence-corrected chi connectivity index (χ3v) is 6.52. The molecule has 1 aliphatic rings. The van der Waals surface area contributed by atoms with Crippen LogP contribution in [0.15, 0.2) is 109 Å². The van der Waals surface area contributed by atoms with E-state index >= 15 is 0 Å². The van der Waals surface area contributed by atoms with E-state index in [1.807, 2.05) is 24.5 Å². The Hall–Kier alpha value is -3.42. The number of hydrogen-bond acceptors (Lipinski definition) is 1. The summed E-state index contributed by atoms with van der Waals surface area (Å²) in [5.41, 5.74) is 6.89. The SMILES string of the molecule is Clc1ccc2c(c1)C(c1ccccc1)(c1cccnc1)c1c-2ccc2ccccc12. The molecule has 0 spiro atoms.